The van der Waals surface area contributed by atoms with E-state index < -0.39 is 16.0 Å². The summed E-state index contributed by atoms with van der Waals surface area (Å²) < 4.78 is 32.1. The third-order valence-corrected chi connectivity index (χ3v) is 6.07. The molecule has 0 radical (unpaired) electrons. The van der Waals surface area contributed by atoms with Crippen LogP contribution in [-0.4, -0.2) is 24.7 Å². The molecule has 0 aliphatic carbocycles. The second-order valence-electron chi connectivity index (χ2n) is 4.49. The lowest BCUT2D eigenvalue weighted by atomic mass is 10.1. The van der Waals surface area contributed by atoms with Gasteiger partial charge in [0.25, 0.3) is 0 Å². The van der Waals surface area contributed by atoms with Crippen LogP contribution in [0.15, 0.2) is 20.9 Å². The number of thiophene rings is 1. The molecule has 0 unspecified atom stereocenters. The van der Waals surface area contributed by atoms with Crippen molar-refractivity contribution in [1.82, 2.24) is 9.88 Å². The van der Waals surface area contributed by atoms with Crippen molar-refractivity contribution < 1.29 is 22.8 Å². The maximum absolute atomic E-state index is 12.2. The summed E-state index contributed by atoms with van der Waals surface area (Å²) >= 11 is 0.716. The Balaban J connectivity index is 2.19. The summed E-state index contributed by atoms with van der Waals surface area (Å²) in [5.74, 6) is -0.496. The lowest BCUT2D eigenvalue weighted by molar-refractivity contribution is 0.0702. The van der Waals surface area contributed by atoms with E-state index in [0.717, 1.165) is 11.3 Å². The van der Waals surface area contributed by atoms with E-state index in [-0.39, 0.29) is 15.6 Å². The van der Waals surface area contributed by atoms with Gasteiger partial charge in [-0.05, 0) is 18.6 Å². The Hall–Kier alpha value is -1.71. The largest absolute Gasteiger partial charge is 0.477 e. The number of hydrogen-bond acceptors (Lipinski definition) is 6. The van der Waals surface area contributed by atoms with Crippen molar-refractivity contribution >= 4 is 27.3 Å². The highest BCUT2D eigenvalue weighted by molar-refractivity contribution is 7.91. The first-order chi connectivity index (χ1) is 10.4. The van der Waals surface area contributed by atoms with Crippen molar-refractivity contribution in [3.8, 4) is 0 Å². The zero-order valence-corrected chi connectivity index (χ0v) is 13.8. The molecule has 0 saturated heterocycles. The summed E-state index contributed by atoms with van der Waals surface area (Å²) in [4.78, 5) is 10.8. The number of aryl methyl sites for hydroxylation is 2. The van der Waals surface area contributed by atoms with Crippen molar-refractivity contribution in [2.75, 3.05) is 0 Å². The summed E-state index contributed by atoms with van der Waals surface area (Å²) in [5.41, 5.74) is 1.46. The fraction of sp³-hybridized carbons (Fsp3) is 0.385. The van der Waals surface area contributed by atoms with E-state index in [4.69, 9.17) is 9.63 Å². The highest BCUT2D eigenvalue weighted by Gasteiger charge is 2.21. The quantitative estimate of drug-likeness (QED) is 0.795. The fourth-order valence-corrected chi connectivity index (χ4v) is 4.14. The first-order valence-electron chi connectivity index (χ1n) is 6.68. The molecular formula is C13H16N2O5S2. The molecule has 0 amide bonds. The Labute approximate surface area is 132 Å². The van der Waals surface area contributed by atoms with Crippen molar-refractivity contribution in [2.24, 2.45) is 0 Å². The van der Waals surface area contributed by atoms with Crippen molar-refractivity contribution in [1.29, 1.82) is 0 Å². The number of nitrogens with one attached hydrogen (secondary N) is 1. The monoisotopic (exact) mass is 344 g/mol. The predicted octanol–water partition coefficient (Wildman–Crippen LogP) is 2.04. The molecule has 120 valence electrons. The zero-order valence-electron chi connectivity index (χ0n) is 12.1. The summed E-state index contributed by atoms with van der Waals surface area (Å²) in [6.07, 6.45) is 1.26. The Kier molecular flexibility index (Phi) is 4.99. The molecule has 9 heteroatoms. The van der Waals surface area contributed by atoms with Crippen LogP contribution in [0.1, 0.15) is 40.5 Å². The molecule has 0 saturated carbocycles. The second-order valence-corrected chi connectivity index (χ2v) is 7.56. The first kappa shape index (κ1) is 16.7. The van der Waals surface area contributed by atoms with Gasteiger partial charge < -0.3 is 9.63 Å². The number of aromatic carboxylic acids is 1. The van der Waals surface area contributed by atoms with Gasteiger partial charge in [-0.15, -0.1) is 11.3 Å². The molecule has 0 aliphatic heterocycles. The molecule has 22 heavy (non-hydrogen) atoms. The summed E-state index contributed by atoms with van der Waals surface area (Å²) in [6.45, 7) is 3.88. The van der Waals surface area contributed by atoms with Gasteiger partial charge in [0.15, 0.2) is 0 Å². The molecule has 0 fully saturated rings. The van der Waals surface area contributed by atoms with E-state index in [1.54, 1.807) is 0 Å². The minimum absolute atomic E-state index is 0.0196. The second kappa shape index (κ2) is 6.59. The van der Waals surface area contributed by atoms with Gasteiger partial charge in [-0.2, -0.15) is 0 Å². The Bertz CT molecular complexity index is 755. The minimum Gasteiger partial charge on any atom is -0.477 e. The number of nitrogens with zero attached hydrogens (tertiary/aromatic N) is 1. The number of carbonyl (C=O) groups is 1. The summed E-state index contributed by atoms with van der Waals surface area (Å²) in [5, 5.41) is 12.8. The van der Waals surface area contributed by atoms with Crippen LogP contribution < -0.4 is 4.72 Å². The lowest BCUT2D eigenvalue weighted by Gasteiger charge is -2.05. The summed E-state index contributed by atoms with van der Waals surface area (Å²) in [6, 6.07) is 2.56. The molecule has 2 heterocycles. The highest BCUT2D eigenvalue weighted by Crippen LogP contribution is 2.22. The van der Waals surface area contributed by atoms with Gasteiger partial charge in [0.05, 0.1) is 5.69 Å². The van der Waals surface area contributed by atoms with Crippen molar-refractivity contribution in [2.45, 2.75) is 37.4 Å². The van der Waals surface area contributed by atoms with E-state index in [2.05, 4.69) is 9.88 Å². The van der Waals surface area contributed by atoms with Gasteiger partial charge in [-0.1, -0.05) is 19.0 Å². The lowest BCUT2D eigenvalue weighted by Crippen LogP contribution is -2.23. The van der Waals surface area contributed by atoms with Crippen molar-refractivity contribution in [3.05, 3.63) is 34.0 Å². The van der Waals surface area contributed by atoms with Crippen LogP contribution in [-0.2, 0) is 29.4 Å². The van der Waals surface area contributed by atoms with E-state index >= 15 is 0 Å². The molecular weight excluding hydrogens is 328 g/mol. The van der Waals surface area contributed by atoms with Gasteiger partial charge in [-0.25, -0.2) is 17.9 Å². The molecule has 2 N–H and O–H groups in total. The smallest absolute Gasteiger partial charge is 0.345 e. The zero-order chi connectivity index (χ0) is 16.3. The highest BCUT2D eigenvalue weighted by atomic mass is 32.2. The molecule has 0 bridgehead atoms. The molecule has 2 aromatic rings. The molecule has 2 aromatic heterocycles. The molecule has 2 rings (SSSR count). The van der Waals surface area contributed by atoms with E-state index in [9.17, 15) is 13.2 Å². The van der Waals surface area contributed by atoms with E-state index in [1.807, 2.05) is 13.8 Å². The third kappa shape index (κ3) is 3.37. The fourth-order valence-electron chi connectivity index (χ4n) is 1.96. The van der Waals surface area contributed by atoms with Gasteiger partial charge in [0.2, 0.25) is 10.0 Å². The van der Waals surface area contributed by atoms with Crippen molar-refractivity contribution in [3.63, 3.8) is 0 Å². The maximum atomic E-state index is 12.2. The van der Waals surface area contributed by atoms with Crippen LogP contribution in [0.3, 0.4) is 0 Å². The standard InChI is InChI=1S/C13H16N2O5S2/c1-3-9-8(10(4-2)20-15-9)7-14-22(18,19)12-6-5-11(21-12)13(16)17/h5-6,14H,3-4,7H2,1-2H3,(H,16,17). The Morgan fingerprint density at radius 3 is 2.64 bits per heavy atom. The molecule has 0 aliphatic rings. The molecule has 7 nitrogen and oxygen atoms in total. The number of carboxylic acid groups (broad SMARTS) is 1. The van der Waals surface area contributed by atoms with Gasteiger partial charge in [-0.3, -0.25) is 0 Å². The first-order valence-corrected chi connectivity index (χ1v) is 8.98. The van der Waals surface area contributed by atoms with Gasteiger partial charge >= 0.3 is 5.97 Å². The number of aromatic nitrogens is 1. The molecule has 0 atom stereocenters. The van der Waals surface area contributed by atoms with Crippen LogP contribution in [0.4, 0.5) is 0 Å². The van der Waals surface area contributed by atoms with E-state index in [1.165, 1.54) is 12.1 Å². The SMILES string of the molecule is CCc1noc(CC)c1CNS(=O)(=O)c1ccc(C(=O)O)s1. The minimum atomic E-state index is -3.76. The van der Waals surface area contributed by atoms with Gasteiger partial charge in [0.1, 0.15) is 14.8 Å². The predicted molar refractivity (Wildman–Crippen MR) is 80.6 cm³/mol. The van der Waals surface area contributed by atoms with Crippen LogP contribution >= 0.6 is 11.3 Å². The average molecular weight is 344 g/mol. The maximum Gasteiger partial charge on any atom is 0.345 e. The molecule has 0 aromatic carbocycles. The topological polar surface area (TPSA) is 110 Å². The van der Waals surface area contributed by atoms with Crippen LogP contribution in [0.25, 0.3) is 0 Å². The number of carboxylic acids is 1. The summed E-state index contributed by atoms with van der Waals surface area (Å²) in [7, 11) is -3.76. The Morgan fingerprint density at radius 2 is 2.09 bits per heavy atom. The number of sulfonamides is 1. The normalized spacial score (nSPS) is 11.7. The number of rotatable bonds is 7. The van der Waals surface area contributed by atoms with Crippen LogP contribution in [0.5, 0.6) is 0 Å². The van der Waals surface area contributed by atoms with Crippen LogP contribution in [0.2, 0.25) is 0 Å². The van der Waals surface area contributed by atoms with Crippen LogP contribution in [0, 0.1) is 0 Å². The molecule has 0 spiro atoms. The third-order valence-electron chi connectivity index (χ3n) is 3.10. The average Bonchev–Trinajstić information content (AvgIpc) is 3.11. The number of hydrogen-bond donors (Lipinski definition) is 2. The van der Waals surface area contributed by atoms with E-state index in [0.29, 0.717) is 29.9 Å². The van der Waals surface area contributed by atoms with Gasteiger partial charge in [0, 0.05) is 18.5 Å². The Morgan fingerprint density at radius 1 is 1.36 bits per heavy atom.